The molecule has 3 aliphatic heterocycles. The van der Waals surface area contributed by atoms with Crippen LogP contribution in [0.15, 0.2) is 29.3 Å². The van der Waals surface area contributed by atoms with E-state index < -0.39 is 0 Å². The molecular formula is C22H34N4O. The number of para-hydroxylation sites is 1. The number of hydrogen-bond acceptors (Lipinski definition) is 3. The molecule has 0 radical (unpaired) electrons. The number of piperidine rings is 1. The highest BCUT2D eigenvalue weighted by Gasteiger charge is 2.30. The number of fused-ring (bicyclic) bond motifs is 1. The Bertz CT molecular complexity index is 641. The molecule has 2 unspecified atom stereocenters. The number of aliphatic imine (C=N–C) groups is 1. The molecule has 0 amide bonds. The molecule has 1 aromatic rings. The van der Waals surface area contributed by atoms with Gasteiger partial charge in [-0.25, -0.2) is 0 Å². The molecule has 3 heterocycles. The van der Waals surface area contributed by atoms with Crippen molar-refractivity contribution in [2.75, 3.05) is 45.9 Å². The van der Waals surface area contributed by atoms with Crippen molar-refractivity contribution in [3.63, 3.8) is 0 Å². The predicted molar refractivity (Wildman–Crippen MR) is 111 cm³/mol. The number of benzene rings is 1. The summed E-state index contributed by atoms with van der Waals surface area (Å²) in [5.41, 5.74) is 1.32. The zero-order chi connectivity index (χ0) is 18.5. The topological polar surface area (TPSA) is 40.1 Å². The van der Waals surface area contributed by atoms with Crippen molar-refractivity contribution in [3.05, 3.63) is 29.8 Å². The zero-order valence-electron chi connectivity index (χ0n) is 16.7. The monoisotopic (exact) mass is 370 g/mol. The molecule has 5 nitrogen and oxygen atoms in total. The fourth-order valence-corrected chi connectivity index (χ4v) is 4.74. The lowest BCUT2D eigenvalue weighted by Crippen LogP contribution is -2.44. The summed E-state index contributed by atoms with van der Waals surface area (Å²) in [5.74, 6) is 2.60. The molecule has 27 heavy (non-hydrogen) atoms. The van der Waals surface area contributed by atoms with Crippen molar-refractivity contribution in [1.82, 2.24) is 15.1 Å². The summed E-state index contributed by atoms with van der Waals surface area (Å²) in [6.45, 7) is 9.54. The third-order valence-corrected chi connectivity index (χ3v) is 6.25. The maximum Gasteiger partial charge on any atom is 0.193 e. The van der Waals surface area contributed by atoms with Gasteiger partial charge in [-0.15, -0.1) is 0 Å². The lowest BCUT2D eigenvalue weighted by molar-refractivity contribution is 0.168. The van der Waals surface area contributed by atoms with E-state index in [1.807, 2.05) is 0 Å². The lowest BCUT2D eigenvalue weighted by Gasteiger charge is -2.32. The first-order valence-corrected chi connectivity index (χ1v) is 10.8. The molecule has 148 valence electrons. The van der Waals surface area contributed by atoms with Crippen LogP contribution in [0.2, 0.25) is 0 Å². The zero-order valence-corrected chi connectivity index (χ0v) is 16.7. The summed E-state index contributed by atoms with van der Waals surface area (Å²) in [4.78, 5) is 10.2. The SMILES string of the molecule is CCNC(=NCC1CCOc2ccccc21)N1CCC(N2CCCCC2)C1. The number of hydrogen-bond donors (Lipinski definition) is 1. The van der Waals surface area contributed by atoms with E-state index in [4.69, 9.17) is 9.73 Å². The summed E-state index contributed by atoms with van der Waals surface area (Å²) in [5, 5.41) is 3.54. The fourth-order valence-electron chi connectivity index (χ4n) is 4.74. The molecule has 2 fully saturated rings. The molecule has 0 saturated carbocycles. The molecule has 1 N–H and O–H groups in total. The minimum absolute atomic E-state index is 0.462. The molecule has 0 bridgehead atoms. The second-order valence-electron chi connectivity index (χ2n) is 8.05. The van der Waals surface area contributed by atoms with Crippen LogP contribution in [-0.4, -0.2) is 67.7 Å². The van der Waals surface area contributed by atoms with E-state index >= 15 is 0 Å². The van der Waals surface area contributed by atoms with Gasteiger partial charge in [-0.05, 0) is 57.3 Å². The standard InChI is InChI=1S/C22H34N4O/c1-2-23-22(26-14-10-19(17-26)25-12-6-3-7-13-25)24-16-18-11-15-27-21-9-5-4-8-20(18)21/h4-5,8-9,18-19H,2-3,6-7,10-17H2,1H3,(H,23,24). The van der Waals surface area contributed by atoms with Crippen LogP contribution in [0.3, 0.4) is 0 Å². The van der Waals surface area contributed by atoms with E-state index in [1.54, 1.807) is 0 Å². The molecule has 4 rings (SSSR count). The molecule has 0 aromatic heterocycles. The maximum atomic E-state index is 5.81. The highest BCUT2D eigenvalue weighted by molar-refractivity contribution is 5.80. The van der Waals surface area contributed by atoms with Gasteiger partial charge in [-0.1, -0.05) is 24.6 Å². The highest BCUT2D eigenvalue weighted by atomic mass is 16.5. The first kappa shape index (κ1) is 18.6. The maximum absolute atomic E-state index is 5.81. The van der Waals surface area contributed by atoms with Crippen molar-refractivity contribution >= 4 is 5.96 Å². The first-order chi connectivity index (χ1) is 13.3. The van der Waals surface area contributed by atoms with Gasteiger partial charge >= 0.3 is 0 Å². The quantitative estimate of drug-likeness (QED) is 0.653. The van der Waals surface area contributed by atoms with Crippen molar-refractivity contribution in [2.45, 2.75) is 51.0 Å². The fraction of sp³-hybridized carbons (Fsp3) is 0.682. The molecule has 2 saturated heterocycles. The van der Waals surface area contributed by atoms with Gasteiger partial charge in [0.1, 0.15) is 5.75 Å². The molecule has 3 aliphatic rings. The van der Waals surface area contributed by atoms with Gasteiger partial charge in [0.05, 0.1) is 6.61 Å². The van der Waals surface area contributed by atoms with Crippen molar-refractivity contribution in [1.29, 1.82) is 0 Å². The second-order valence-corrected chi connectivity index (χ2v) is 8.05. The van der Waals surface area contributed by atoms with Crippen molar-refractivity contribution in [2.24, 2.45) is 4.99 Å². The van der Waals surface area contributed by atoms with Gasteiger partial charge in [-0.2, -0.15) is 0 Å². The molecule has 0 spiro atoms. The first-order valence-electron chi connectivity index (χ1n) is 10.8. The van der Waals surface area contributed by atoms with Crippen molar-refractivity contribution in [3.8, 4) is 5.75 Å². The third kappa shape index (κ3) is 4.40. The van der Waals surface area contributed by atoms with Gasteiger partial charge in [0.2, 0.25) is 0 Å². The van der Waals surface area contributed by atoms with E-state index in [1.165, 1.54) is 44.3 Å². The Morgan fingerprint density at radius 2 is 2.00 bits per heavy atom. The molecule has 2 atom stereocenters. The number of guanidine groups is 1. The Hall–Kier alpha value is -1.75. The number of nitrogens with zero attached hydrogens (tertiary/aromatic N) is 3. The normalized spacial score (nSPS) is 26.6. The average Bonchev–Trinajstić information content (AvgIpc) is 3.22. The summed E-state index contributed by atoms with van der Waals surface area (Å²) < 4.78 is 5.81. The Labute approximate surface area is 163 Å². The van der Waals surface area contributed by atoms with Crippen LogP contribution >= 0.6 is 0 Å². The Morgan fingerprint density at radius 1 is 1.15 bits per heavy atom. The van der Waals surface area contributed by atoms with Crippen LogP contribution in [-0.2, 0) is 0 Å². The van der Waals surface area contributed by atoms with E-state index in [0.29, 0.717) is 12.0 Å². The van der Waals surface area contributed by atoms with Gasteiger partial charge in [-0.3, -0.25) is 9.89 Å². The van der Waals surface area contributed by atoms with Gasteiger partial charge in [0, 0.05) is 38.1 Å². The summed E-state index contributed by atoms with van der Waals surface area (Å²) >= 11 is 0. The smallest absolute Gasteiger partial charge is 0.193 e. The Morgan fingerprint density at radius 3 is 2.85 bits per heavy atom. The number of rotatable bonds is 4. The average molecular weight is 371 g/mol. The number of likely N-dealkylation sites (tertiary alicyclic amines) is 2. The molecule has 1 aromatic carbocycles. The van der Waals surface area contributed by atoms with Crippen LogP contribution in [0.4, 0.5) is 0 Å². The highest BCUT2D eigenvalue weighted by Crippen LogP contribution is 2.33. The van der Waals surface area contributed by atoms with Crippen LogP contribution in [0.1, 0.15) is 50.5 Å². The number of nitrogens with one attached hydrogen (secondary N) is 1. The molecule has 0 aliphatic carbocycles. The third-order valence-electron chi connectivity index (χ3n) is 6.25. The van der Waals surface area contributed by atoms with Crippen LogP contribution < -0.4 is 10.1 Å². The van der Waals surface area contributed by atoms with Crippen LogP contribution in [0.25, 0.3) is 0 Å². The van der Waals surface area contributed by atoms with Crippen LogP contribution in [0, 0.1) is 0 Å². The van der Waals surface area contributed by atoms with E-state index in [-0.39, 0.29) is 0 Å². The largest absolute Gasteiger partial charge is 0.493 e. The summed E-state index contributed by atoms with van der Waals surface area (Å²) in [6, 6.07) is 9.15. The van der Waals surface area contributed by atoms with Crippen molar-refractivity contribution < 1.29 is 4.74 Å². The predicted octanol–water partition coefficient (Wildman–Crippen LogP) is 3.08. The van der Waals surface area contributed by atoms with E-state index in [2.05, 4.69) is 46.3 Å². The van der Waals surface area contributed by atoms with E-state index in [0.717, 1.165) is 50.9 Å². The molecule has 5 heteroatoms. The van der Waals surface area contributed by atoms with Crippen LogP contribution in [0.5, 0.6) is 5.75 Å². The Balaban J connectivity index is 1.41. The second kappa shape index (κ2) is 8.96. The minimum atomic E-state index is 0.462. The minimum Gasteiger partial charge on any atom is -0.493 e. The van der Waals surface area contributed by atoms with E-state index in [9.17, 15) is 0 Å². The molecular weight excluding hydrogens is 336 g/mol. The summed E-state index contributed by atoms with van der Waals surface area (Å²) in [7, 11) is 0. The van der Waals surface area contributed by atoms with Gasteiger partial charge < -0.3 is 15.0 Å². The van der Waals surface area contributed by atoms with Gasteiger partial charge in [0.25, 0.3) is 0 Å². The van der Waals surface area contributed by atoms with Gasteiger partial charge in [0.15, 0.2) is 5.96 Å². The number of ether oxygens (including phenoxy) is 1. The Kier molecular flexibility index (Phi) is 6.17. The lowest BCUT2D eigenvalue weighted by atomic mass is 9.93. The summed E-state index contributed by atoms with van der Waals surface area (Å²) in [6.07, 6.45) is 6.46.